The molecule has 3 heteroatoms. The molecule has 3 nitrogen and oxygen atoms in total. The summed E-state index contributed by atoms with van der Waals surface area (Å²) < 4.78 is 0. The average Bonchev–Trinajstić information content (AvgIpc) is 2.31. The van der Waals surface area contributed by atoms with Crippen molar-refractivity contribution in [1.82, 2.24) is 10.3 Å². The Morgan fingerprint density at radius 1 is 1.42 bits per heavy atom. The van der Waals surface area contributed by atoms with Gasteiger partial charge in [0.05, 0.1) is 0 Å². The summed E-state index contributed by atoms with van der Waals surface area (Å²) in [5.74, 6) is 5.42. The van der Waals surface area contributed by atoms with Gasteiger partial charge in [0.15, 0.2) is 0 Å². The average molecular weight is 171 g/mol. The maximum atomic E-state index is 5.42. The predicted molar refractivity (Wildman–Crippen MR) is 51.7 cm³/mol. The van der Waals surface area contributed by atoms with E-state index in [-0.39, 0.29) is 0 Å². The van der Waals surface area contributed by atoms with Crippen LogP contribution in [0.4, 0.5) is 0 Å². The topological polar surface area (TPSA) is 41.3 Å². The number of rotatable bonds is 3. The smallest absolute Gasteiger partial charge is 0.0223 e. The van der Waals surface area contributed by atoms with Crippen molar-refractivity contribution in [3.63, 3.8) is 0 Å². The molecule has 72 valence electrons. The van der Waals surface area contributed by atoms with Gasteiger partial charge in [0, 0.05) is 6.04 Å². The Hall–Kier alpha value is -0.120. The van der Waals surface area contributed by atoms with E-state index in [9.17, 15) is 0 Å². The largest absolute Gasteiger partial charge is 0.303 e. The Balaban J connectivity index is 2.24. The molecule has 1 fully saturated rings. The summed E-state index contributed by atoms with van der Waals surface area (Å²) in [6, 6.07) is 0.548. The van der Waals surface area contributed by atoms with Crippen LogP contribution in [0.5, 0.6) is 0 Å². The quantitative estimate of drug-likeness (QED) is 0.485. The first-order valence-electron chi connectivity index (χ1n) is 5.05. The third kappa shape index (κ3) is 3.09. The lowest BCUT2D eigenvalue weighted by molar-refractivity contribution is 0.283. The predicted octanol–water partition coefficient (Wildman–Crippen LogP) is 0.714. The van der Waals surface area contributed by atoms with Gasteiger partial charge in [-0.3, -0.25) is 11.3 Å². The SMILES string of the molecule is CCCN1CCCC(NN)CC1. The molecule has 12 heavy (non-hydrogen) atoms. The number of hydrogen-bond donors (Lipinski definition) is 2. The first-order chi connectivity index (χ1) is 5.86. The highest BCUT2D eigenvalue weighted by molar-refractivity contribution is 4.72. The Labute approximate surface area is 75.3 Å². The van der Waals surface area contributed by atoms with Gasteiger partial charge in [-0.25, -0.2) is 0 Å². The van der Waals surface area contributed by atoms with Gasteiger partial charge < -0.3 is 4.90 Å². The van der Waals surface area contributed by atoms with Gasteiger partial charge in [-0.2, -0.15) is 0 Å². The second kappa shape index (κ2) is 5.51. The van der Waals surface area contributed by atoms with Crippen LogP contribution in [0.1, 0.15) is 32.6 Å². The van der Waals surface area contributed by atoms with E-state index in [4.69, 9.17) is 5.84 Å². The Morgan fingerprint density at radius 2 is 2.25 bits per heavy atom. The zero-order valence-electron chi connectivity index (χ0n) is 8.05. The maximum Gasteiger partial charge on any atom is 0.0223 e. The van der Waals surface area contributed by atoms with Crippen LogP contribution in [0.15, 0.2) is 0 Å². The summed E-state index contributed by atoms with van der Waals surface area (Å²) in [4.78, 5) is 2.54. The standard InChI is InChI=1S/C9H21N3/c1-2-6-12-7-3-4-9(11-10)5-8-12/h9,11H,2-8,10H2,1H3. The van der Waals surface area contributed by atoms with E-state index in [0.29, 0.717) is 6.04 Å². The first kappa shape index (κ1) is 9.96. The van der Waals surface area contributed by atoms with Crippen LogP contribution >= 0.6 is 0 Å². The minimum Gasteiger partial charge on any atom is -0.303 e. The molecule has 1 atom stereocenters. The molecule has 0 aromatic carbocycles. The van der Waals surface area contributed by atoms with E-state index >= 15 is 0 Å². The van der Waals surface area contributed by atoms with Crippen LogP contribution in [0.25, 0.3) is 0 Å². The summed E-state index contributed by atoms with van der Waals surface area (Å²) in [7, 11) is 0. The van der Waals surface area contributed by atoms with E-state index in [2.05, 4.69) is 17.2 Å². The first-order valence-corrected chi connectivity index (χ1v) is 5.05. The molecule has 1 aliphatic heterocycles. The summed E-state index contributed by atoms with van der Waals surface area (Å²) >= 11 is 0. The molecular formula is C9H21N3. The zero-order chi connectivity index (χ0) is 8.81. The van der Waals surface area contributed by atoms with Gasteiger partial charge >= 0.3 is 0 Å². The van der Waals surface area contributed by atoms with Crippen molar-refractivity contribution in [1.29, 1.82) is 0 Å². The van der Waals surface area contributed by atoms with E-state index < -0.39 is 0 Å². The minimum absolute atomic E-state index is 0.548. The van der Waals surface area contributed by atoms with Crippen LogP contribution in [0, 0.1) is 0 Å². The molecule has 1 heterocycles. The summed E-state index contributed by atoms with van der Waals surface area (Å²) in [6.45, 7) is 5.95. The van der Waals surface area contributed by atoms with Gasteiger partial charge in [-0.1, -0.05) is 6.92 Å². The maximum absolute atomic E-state index is 5.42. The molecule has 0 spiro atoms. The van der Waals surface area contributed by atoms with E-state index in [1.165, 1.54) is 45.3 Å². The van der Waals surface area contributed by atoms with Crippen molar-refractivity contribution in [2.45, 2.75) is 38.6 Å². The lowest BCUT2D eigenvalue weighted by Crippen LogP contribution is -2.35. The van der Waals surface area contributed by atoms with Crippen molar-refractivity contribution in [2.75, 3.05) is 19.6 Å². The molecule has 0 radical (unpaired) electrons. The van der Waals surface area contributed by atoms with Gasteiger partial charge in [0.1, 0.15) is 0 Å². The molecule has 3 N–H and O–H groups in total. The zero-order valence-corrected chi connectivity index (χ0v) is 8.05. The summed E-state index contributed by atoms with van der Waals surface area (Å²) in [5.41, 5.74) is 2.88. The molecule has 0 aromatic heterocycles. The highest BCUT2D eigenvalue weighted by Crippen LogP contribution is 2.10. The van der Waals surface area contributed by atoms with Crippen LogP contribution in [0.2, 0.25) is 0 Å². The van der Waals surface area contributed by atoms with Crippen LogP contribution in [-0.2, 0) is 0 Å². The Bertz CT molecular complexity index is 116. The second-order valence-corrected chi connectivity index (χ2v) is 3.64. The third-order valence-electron chi connectivity index (χ3n) is 2.60. The molecule has 0 aromatic rings. The molecule has 1 saturated heterocycles. The number of hydrogen-bond acceptors (Lipinski definition) is 3. The summed E-state index contributed by atoms with van der Waals surface area (Å²) in [5, 5.41) is 0. The molecule has 1 aliphatic rings. The minimum atomic E-state index is 0.548. The molecule has 0 amide bonds. The molecule has 1 rings (SSSR count). The third-order valence-corrected chi connectivity index (χ3v) is 2.60. The molecule has 0 bridgehead atoms. The molecular weight excluding hydrogens is 150 g/mol. The lowest BCUT2D eigenvalue weighted by atomic mass is 10.1. The van der Waals surface area contributed by atoms with Gasteiger partial charge in [-0.05, 0) is 45.3 Å². The van der Waals surface area contributed by atoms with Crippen LogP contribution < -0.4 is 11.3 Å². The molecule has 0 aliphatic carbocycles. The Kier molecular flexibility index (Phi) is 4.58. The van der Waals surface area contributed by atoms with E-state index in [1.807, 2.05) is 0 Å². The second-order valence-electron chi connectivity index (χ2n) is 3.64. The molecule has 0 saturated carbocycles. The lowest BCUT2D eigenvalue weighted by Gasteiger charge is -2.18. The van der Waals surface area contributed by atoms with Gasteiger partial charge in [-0.15, -0.1) is 0 Å². The van der Waals surface area contributed by atoms with E-state index in [1.54, 1.807) is 0 Å². The van der Waals surface area contributed by atoms with Crippen molar-refractivity contribution < 1.29 is 0 Å². The van der Waals surface area contributed by atoms with E-state index in [0.717, 1.165) is 0 Å². The number of nitrogens with one attached hydrogen (secondary N) is 1. The highest BCUT2D eigenvalue weighted by atomic mass is 15.2. The van der Waals surface area contributed by atoms with Crippen molar-refractivity contribution >= 4 is 0 Å². The van der Waals surface area contributed by atoms with Gasteiger partial charge in [0.25, 0.3) is 0 Å². The number of hydrazine groups is 1. The number of nitrogens with two attached hydrogens (primary N) is 1. The normalized spacial score (nSPS) is 27.0. The Morgan fingerprint density at radius 3 is 2.92 bits per heavy atom. The van der Waals surface area contributed by atoms with Gasteiger partial charge in [0.2, 0.25) is 0 Å². The van der Waals surface area contributed by atoms with Crippen LogP contribution in [0.3, 0.4) is 0 Å². The fourth-order valence-corrected chi connectivity index (χ4v) is 1.86. The van der Waals surface area contributed by atoms with Crippen molar-refractivity contribution in [3.8, 4) is 0 Å². The van der Waals surface area contributed by atoms with Crippen molar-refractivity contribution in [2.24, 2.45) is 5.84 Å². The van der Waals surface area contributed by atoms with Crippen LogP contribution in [-0.4, -0.2) is 30.6 Å². The van der Waals surface area contributed by atoms with Crippen molar-refractivity contribution in [3.05, 3.63) is 0 Å². The summed E-state index contributed by atoms with van der Waals surface area (Å²) in [6.07, 6.45) is 4.99. The number of likely N-dealkylation sites (tertiary alicyclic amines) is 1. The highest BCUT2D eigenvalue weighted by Gasteiger charge is 2.14. The number of nitrogens with zero attached hydrogens (tertiary/aromatic N) is 1. The fourth-order valence-electron chi connectivity index (χ4n) is 1.86. The fraction of sp³-hybridized carbons (Fsp3) is 1.00. The molecule has 1 unspecified atom stereocenters. The monoisotopic (exact) mass is 171 g/mol.